The van der Waals surface area contributed by atoms with E-state index in [1.807, 2.05) is 0 Å². The quantitative estimate of drug-likeness (QED) is 0.761. The molecule has 5 heteroatoms. The van der Waals surface area contributed by atoms with E-state index >= 15 is 0 Å². The first-order valence-corrected chi connectivity index (χ1v) is 10.7. The number of hydrogen-bond donors (Lipinski definition) is 1. The van der Waals surface area contributed by atoms with Gasteiger partial charge in [0.15, 0.2) is 0 Å². The molecule has 28 heavy (non-hydrogen) atoms. The molecule has 0 radical (unpaired) electrons. The smallest absolute Gasteiger partial charge is 0.145 e. The molecule has 2 unspecified atom stereocenters. The zero-order chi connectivity index (χ0) is 19.1. The number of aromatic nitrogens is 1. The second-order valence-corrected chi connectivity index (χ2v) is 8.80. The van der Waals surface area contributed by atoms with E-state index < -0.39 is 0 Å². The van der Waals surface area contributed by atoms with Crippen LogP contribution in [0.3, 0.4) is 0 Å². The van der Waals surface area contributed by atoms with E-state index in [2.05, 4.69) is 42.5 Å². The summed E-state index contributed by atoms with van der Waals surface area (Å²) in [6, 6.07) is 7.50. The van der Waals surface area contributed by atoms with Crippen LogP contribution in [0, 0.1) is 13.8 Å². The van der Waals surface area contributed by atoms with Crippen LogP contribution in [0.15, 0.2) is 22.7 Å². The lowest BCUT2D eigenvalue weighted by Crippen LogP contribution is -2.41. The minimum absolute atomic E-state index is 0.341. The standard InChI is InChI=1S/C23H30N2O3/c1-14-4-3-5-15(2)22(14)27-13-21-20(23(28-25-21)16-6-7-16)12-26-19-10-17-8-9-18(11-19)24-17/h3-5,16-19,24H,6-13H2,1-2H3. The zero-order valence-electron chi connectivity index (χ0n) is 16.9. The topological polar surface area (TPSA) is 56.5 Å². The molecule has 1 N–H and O–H groups in total. The molecule has 2 aliphatic heterocycles. The summed E-state index contributed by atoms with van der Waals surface area (Å²) in [6.45, 7) is 5.18. The summed E-state index contributed by atoms with van der Waals surface area (Å²) in [5, 5.41) is 8.05. The number of nitrogens with zero attached hydrogens (tertiary/aromatic N) is 1. The predicted molar refractivity (Wildman–Crippen MR) is 106 cm³/mol. The Balaban J connectivity index is 1.29. The summed E-state index contributed by atoms with van der Waals surface area (Å²) < 4.78 is 18.3. The maximum atomic E-state index is 6.37. The summed E-state index contributed by atoms with van der Waals surface area (Å²) in [7, 11) is 0. The molecule has 3 heterocycles. The van der Waals surface area contributed by atoms with E-state index in [9.17, 15) is 0 Å². The van der Waals surface area contributed by atoms with Gasteiger partial charge in [0.2, 0.25) is 0 Å². The lowest BCUT2D eigenvalue weighted by atomic mass is 10.0. The fourth-order valence-corrected chi connectivity index (χ4v) is 4.80. The fraction of sp³-hybridized carbons (Fsp3) is 0.609. The molecule has 0 spiro atoms. The van der Waals surface area contributed by atoms with Crippen LogP contribution in [0.25, 0.3) is 0 Å². The van der Waals surface area contributed by atoms with E-state index in [4.69, 9.17) is 14.0 Å². The van der Waals surface area contributed by atoms with E-state index in [-0.39, 0.29) is 0 Å². The van der Waals surface area contributed by atoms with Gasteiger partial charge in [0.05, 0.1) is 12.7 Å². The number of hydrogen-bond acceptors (Lipinski definition) is 5. The SMILES string of the molecule is Cc1cccc(C)c1OCc1noc(C2CC2)c1COC1CC2CCC(C1)N2. The Bertz CT molecular complexity index is 810. The Hall–Kier alpha value is -1.85. The van der Waals surface area contributed by atoms with E-state index in [1.165, 1.54) is 25.7 Å². The van der Waals surface area contributed by atoms with Crippen molar-refractivity contribution in [2.45, 2.75) is 89.7 Å². The molecule has 1 aliphatic carbocycles. The molecule has 2 atom stereocenters. The highest BCUT2D eigenvalue weighted by molar-refractivity contribution is 5.40. The second kappa shape index (κ2) is 7.53. The van der Waals surface area contributed by atoms with Gasteiger partial charge >= 0.3 is 0 Å². The van der Waals surface area contributed by atoms with E-state index in [0.717, 1.165) is 46.7 Å². The molecule has 0 amide bonds. The molecule has 1 saturated carbocycles. The van der Waals surface area contributed by atoms with Crippen molar-refractivity contribution in [1.82, 2.24) is 10.5 Å². The van der Waals surface area contributed by atoms with Gasteiger partial charge in [-0.2, -0.15) is 0 Å². The third kappa shape index (κ3) is 3.70. The number of fused-ring (bicyclic) bond motifs is 2. The summed E-state index contributed by atoms with van der Waals surface area (Å²) in [5.74, 6) is 2.49. The molecule has 3 aliphatic rings. The Kier molecular flexibility index (Phi) is 4.89. The summed E-state index contributed by atoms with van der Waals surface area (Å²) in [5.41, 5.74) is 4.31. The van der Waals surface area contributed by atoms with Crippen molar-refractivity contribution in [3.63, 3.8) is 0 Å². The van der Waals surface area contributed by atoms with Gasteiger partial charge in [-0.15, -0.1) is 0 Å². The summed E-state index contributed by atoms with van der Waals surface area (Å²) in [6.07, 6.45) is 7.55. The number of aryl methyl sites for hydroxylation is 2. The highest BCUT2D eigenvalue weighted by Gasteiger charge is 2.36. The third-order valence-electron chi connectivity index (χ3n) is 6.50. The Morgan fingerprint density at radius 3 is 2.43 bits per heavy atom. The molecule has 2 bridgehead atoms. The number of para-hydroxylation sites is 1. The van der Waals surface area contributed by atoms with Crippen LogP contribution < -0.4 is 10.1 Å². The molecule has 5 rings (SSSR count). The minimum Gasteiger partial charge on any atom is -0.487 e. The average Bonchev–Trinajstić information content (AvgIpc) is 3.36. The third-order valence-corrected chi connectivity index (χ3v) is 6.50. The number of piperidine rings is 1. The van der Waals surface area contributed by atoms with Gasteiger partial charge in [-0.3, -0.25) is 0 Å². The molecule has 3 fully saturated rings. The summed E-state index contributed by atoms with van der Waals surface area (Å²) in [4.78, 5) is 0. The Labute approximate surface area is 166 Å². The van der Waals surface area contributed by atoms with Gasteiger partial charge in [0.1, 0.15) is 23.8 Å². The van der Waals surface area contributed by atoms with Crippen LogP contribution in [-0.2, 0) is 18.0 Å². The second-order valence-electron chi connectivity index (χ2n) is 8.80. The average molecular weight is 383 g/mol. The first kappa shape index (κ1) is 18.2. The lowest BCUT2D eigenvalue weighted by molar-refractivity contribution is 0.00806. The maximum Gasteiger partial charge on any atom is 0.145 e. The van der Waals surface area contributed by atoms with Crippen LogP contribution in [0.5, 0.6) is 5.75 Å². The van der Waals surface area contributed by atoms with Gasteiger partial charge in [0.25, 0.3) is 0 Å². The number of rotatable bonds is 7. The van der Waals surface area contributed by atoms with Crippen LogP contribution in [0.1, 0.15) is 72.6 Å². The monoisotopic (exact) mass is 382 g/mol. The predicted octanol–water partition coefficient (Wildman–Crippen LogP) is 4.55. The highest BCUT2D eigenvalue weighted by Crippen LogP contribution is 2.43. The molecular formula is C23H30N2O3. The normalized spacial score (nSPS) is 26.6. The van der Waals surface area contributed by atoms with Gasteiger partial charge in [0, 0.05) is 23.6 Å². The molecule has 1 aromatic carbocycles. The maximum absolute atomic E-state index is 6.37. The lowest BCUT2D eigenvalue weighted by Gasteiger charge is -2.29. The van der Waals surface area contributed by atoms with Crippen molar-refractivity contribution in [3.05, 3.63) is 46.3 Å². The molecule has 5 nitrogen and oxygen atoms in total. The van der Waals surface area contributed by atoms with Crippen molar-refractivity contribution in [2.75, 3.05) is 0 Å². The number of nitrogens with one attached hydrogen (secondary N) is 1. The highest BCUT2D eigenvalue weighted by atomic mass is 16.5. The number of ether oxygens (including phenoxy) is 2. The molecule has 150 valence electrons. The zero-order valence-corrected chi connectivity index (χ0v) is 16.9. The first-order chi connectivity index (χ1) is 13.7. The van der Waals surface area contributed by atoms with Crippen LogP contribution in [0.2, 0.25) is 0 Å². The number of benzene rings is 1. The van der Waals surface area contributed by atoms with Gasteiger partial charge in [-0.25, -0.2) is 0 Å². The Morgan fingerprint density at radius 2 is 1.75 bits per heavy atom. The van der Waals surface area contributed by atoms with Gasteiger partial charge < -0.3 is 19.3 Å². The van der Waals surface area contributed by atoms with Crippen molar-refractivity contribution < 1.29 is 14.0 Å². The fourth-order valence-electron chi connectivity index (χ4n) is 4.80. The van der Waals surface area contributed by atoms with E-state index in [1.54, 1.807) is 0 Å². The largest absolute Gasteiger partial charge is 0.487 e. The van der Waals surface area contributed by atoms with E-state index in [0.29, 0.717) is 37.3 Å². The summed E-state index contributed by atoms with van der Waals surface area (Å²) >= 11 is 0. The molecular weight excluding hydrogens is 352 g/mol. The van der Waals surface area contributed by atoms with Gasteiger partial charge in [-0.1, -0.05) is 23.4 Å². The van der Waals surface area contributed by atoms with Crippen molar-refractivity contribution >= 4 is 0 Å². The molecule has 2 aromatic rings. The molecule has 2 saturated heterocycles. The van der Waals surface area contributed by atoms with Gasteiger partial charge in [-0.05, 0) is 63.5 Å². The molecule has 1 aromatic heterocycles. The van der Waals surface area contributed by atoms with Crippen molar-refractivity contribution in [1.29, 1.82) is 0 Å². The van der Waals surface area contributed by atoms with Crippen LogP contribution in [0.4, 0.5) is 0 Å². The first-order valence-electron chi connectivity index (χ1n) is 10.7. The Morgan fingerprint density at radius 1 is 1.04 bits per heavy atom. The van der Waals surface area contributed by atoms with Crippen LogP contribution >= 0.6 is 0 Å². The van der Waals surface area contributed by atoms with Crippen molar-refractivity contribution in [2.24, 2.45) is 0 Å². The minimum atomic E-state index is 0.341. The van der Waals surface area contributed by atoms with Crippen molar-refractivity contribution in [3.8, 4) is 5.75 Å². The van der Waals surface area contributed by atoms with Crippen LogP contribution in [-0.4, -0.2) is 23.3 Å².